The summed E-state index contributed by atoms with van der Waals surface area (Å²) in [6.45, 7) is 3.51. The van der Waals surface area contributed by atoms with Crippen molar-refractivity contribution in [1.29, 1.82) is 5.26 Å². The van der Waals surface area contributed by atoms with Gasteiger partial charge in [-0.25, -0.2) is 4.98 Å². The Morgan fingerprint density at radius 2 is 2.53 bits per heavy atom. The Labute approximate surface area is 92.2 Å². The summed E-state index contributed by atoms with van der Waals surface area (Å²) in [5.74, 6) is 0. The molecular formula is C10H12N4S. The maximum atomic E-state index is 8.41. The van der Waals surface area contributed by atoms with Crippen molar-refractivity contribution in [2.24, 2.45) is 0 Å². The fraction of sp³-hybridized carbons (Fsp3) is 0.400. The Bertz CT molecular complexity index is 491. The van der Waals surface area contributed by atoms with Crippen LogP contribution in [0.3, 0.4) is 0 Å². The van der Waals surface area contributed by atoms with E-state index in [0.29, 0.717) is 6.42 Å². The molecule has 2 aromatic rings. The molecule has 78 valence electrons. The number of nitrogens with one attached hydrogen (secondary N) is 1. The zero-order valence-electron chi connectivity index (χ0n) is 8.53. The van der Waals surface area contributed by atoms with Crippen LogP contribution >= 0.6 is 11.3 Å². The van der Waals surface area contributed by atoms with Crippen molar-refractivity contribution in [3.05, 3.63) is 23.0 Å². The molecule has 0 fully saturated rings. The minimum absolute atomic E-state index is 0.546. The maximum absolute atomic E-state index is 8.41. The standard InChI is InChI=1S/C10H12N4S/c1-8-9(7-12-4-2-3-11)14-5-6-15-10(14)13-8/h5-6,12H,2,4,7H2,1H3. The van der Waals surface area contributed by atoms with Crippen LogP contribution in [0.25, 0.3) is 4.96 Å². The van der Waals surface area contributed by atoms with Crippen LogP contribution in [0.5, 0.6) is 0 Å². The third kappa shape index (κ3) is 2.01. The summed E-state index contributed by atoms with van der Waals surface area (Å²) < 4.78 is 2.10. The molecule has 0 saturated heterocycles. The molecular weight excluding hydrogens is 208 g/mol. The molecule has 2 aromatic heterocycles. The molecule has 4 nitrogen and oxygen atoms in total. The molecule has 15 heavy (non-hydrogen) atoms. The summed E-state index contributed by atoms with van der Waals surface area (Å²) in [6, 6.07) is 2.11. The monoisotopic (exact) mass is 220 g/mol. The smallest absolute Gasteiger partial charge is 0.194 e. The van der Waals surface area contributed by atoms with Gasteiger partial charge in [0.15, 0.2) is 4.96 Å². The number of hydrogen-bond donors (Lipinski definition) is 1. The summed E-state index contributed by atoms with van der Waals surface area (Å²) in [7, 11) is 0. The lowest BCUT2D eigenvalue weighted by Gasteiger charge is -2.01. The molecule has 0 unspecified atom stereocenters. The number of thiazole rings is 1. The van der Waals surface area contributed by atoms with E-state index in [4.69, 9.17) is 5.26 Å². The van der Waals surface area contributed by atoms with E-state index < -0.39 is 0 Å². The quantitative estimate of drug-likeness (QED) is 0.798. The van der Waals surface area contributed by atoms with Crippen LogP contribution in [0, 0.1) is 18.3 Å². The molecule has 2 heterocycles. The summed E-state index contributed by atoms with van der Waals surface area (Å²) >= 11 is 1.64. The van der Waals surface area contributed by atoms with Crippen LogP contribution in [-0.2, 0) is 6.54 Å². The van der Waals surface area contributed by atoms with Gasteiger partial charge in [-0.1, -0.05) is 0 Å². The van der Waals surface area contributed by atoms with E-state index in [9.17, 15) is 0 Å². The van der Waals surface area contributed by atoms with Gasteiger partial charge in [-0.3, -0.25) is 4.40 Å². The molecule has 0 aliphatic rings. The van der Waals surface area contributed by atoms with Crippen molar-refractivity contribution in [2.45, 2.75) is 19.9 Å². The number of aromatic nitrogens is 2. The SMILES string of the molecule is Cc1nc2sccn2c1CNCCC#N. The van der Waals surface area contributed by atoms with Crippen LogP contribution in [0.2, 0.25) is 0 Å². The molecule has 5 heteroatoms. The van der Waals surface area contributed by atoms with Crippen LogP contribution in [-0.4, -0.2) is 15.9 Å². The van der Waals surface area contributed by atoms with E-state index in [-0.39, 0.29) is 0 Å². The Morgan fingerprint density at radius 1 is 1.67 bits per heavy atom. The first kappa shape index (κ1) is 10.1. The molecule has 0 aromatic carbocycles. The van der Waals surface area contributed by atoms with Gasteiger partial charge in [-0.05, 0) is 6.92 Å². The van der Waals surface area contributed by atoms with Gasteiger partial charge in [0.05, 0.1) is 17.5 Å². The molecule has 0 atom stereocenters. The molecule has 0 spiro atoms. The first-order chi connectivity index (χ1) is 7.33. The van der Waals surface area contributed by atoms with E-state index in [0.717, 1.165) is 23.7 Å². The van der Waals surface area contributed by atoms with Crippen molar-refractivity contribution in [2.75, 3.05) is 6.54 Å². The van der Waals surface area contributed by atoms with E-state index in [1.54, 1.807) is 11.3 Å². The van der Waals surface area contributed by atoms with Crippen molar-refractivity contribution in [1.82, 2.24) is 14.7 Å². The number of rotatable bonds is 4. The maximum Gasteiger partial charge on any atom is 0.194 e. The number of aryl methyl sites for hydroxylation is 1. The molecule has 0 aliphatic carbocycles. The fourth-order valence-electron chi connectivity index (χ4n) is 1.50. The minimum Gasteiger partial charge on any atom is -0.310 e. The van der Waals surface area contributed by atoms with Gasteiger partial charge in [0.25, 0.3) is 0 Å². The molecule has 0 bridgehead atoms. The first-order valence-electron chi connectivity index (χ1n) is 4.81. The highest BCUT2D eigenvalue weighted by Gasteiger charge is 2.08. The first-order valence-corrected chi connectivity index (χ1v) is 5.69. The Balaban J connectivity index is 2.09. The van der Waals surface area contributed by atoms with Gasteiger partial charge in [0, 0.05) is 31.1 Å². The van der Waals surface area contributed by atoms with Crippen molar-refractivity contribution >= 4 is 16.3 Å². The Morgan fingerprint density at radius 3 is 3.33 bits per heavy atom. The van der Waals surface area contributed by atoms with Gasteiger partial charge in [0.1, 0.15) is 0 Å². The second kappa shape index (κ2) is 4.43. The van der Waals surface area contributed by atoms with Crippen molar-refractivity contribution in [3.8, 4) is 6.07 Å². The second-order valence-corrected chi connectivity index (χ2v) is 4.16. The van der Waals surface area contributed by atoms with Gasteiger partial charge in [0.2, 0.25) is 0 Å². The minimum atomic E-state index is 0.546. The van der Waals surface area contributed by atoms with Gasteiger partial charge in [-0.2, -0.15) is 5.26 Å². The Hall–Kier alpha value is -1.38. The normalized spacial score (nSPS) is 10.7. The van der Waals surface area contributed by atoms with Gasteiger partial charge >= 0.3 is 0 Å². The average molecular weight is 220 g/mol. The lowest BCUT2D eigenvalue weighted by atomic mass is 10.3. The second-order valence-electron chi connectivity index (χ2n) is 3.28. The highest BCUT2D eigenvalue weighted by molar-refractivity contribution is 7.15. The number of fused-ring (bicyclic) bond motifs is 1. The van der Waals surface area contributed by atoms with Gasteiger partial charge < -0.3 is 5.32 Å². The van der Waals surface area contributed by atoms with E-state index >= 15 is 0 Å². The number of hydrogen-bond acceptors (Lipinski definition) is 4. The van der Waals surface area contributed by atoms with E-state index in [1.165, 1.54) is 5.69 Å². The lowest BCUT2D eigenvalue weighted by Crippen LogP contribution is -2.16. The van der Waals surface area contributed by atoms with Crippen LogP contribution in [0.1, 0.15) is 17.8 Å². The molecule has 0 radical (unpaired) electrons. The number of nitriles is 1. The number of nitrogens with zero attached hydrogens (tertiary/aromatic N) is 3. The van der Waals surface area contributed by atoms with Gasteiger partial charge in [-0.15, -0.1) is 11.3 Å². The third-order valence-corrected chi connectivity index (χ3v) is 3.02. The summed E-state index contributed by atoms with van der Waals surface area (Å²) in [5, 5.41) is 13.7. The van der Waals surface area contributed by atoms with Crippen LogP contribution in [0.4, 0.5) is 0 Å². The molecule has 2 rings (SSSR count). The summed E-state index contributed by atoms with van der Waals surface area (Å²) in [5.41, 5.74) is 2.25. The van der Waals surface area contributed by atoms with Crippen molar-refractivity contribution < 1.29 is 0 Å². The largest absolute Gasteiger partial charge is 0.310 e. The molecule has 0 aliphatic heterocycles. The summed E-state index contributed by atoms with van der Waals surface area (Å²) in [6.07, 6.45) is 2.58. The average Bonchev–Trinajstić information content (AvgIpc) is 2.75. The zero-order chi connectivity index (χ0) is 10.7. The molecule has 0 saturated carbocycles. The fourth-order valence-corrected chi connectivity index (χ4v) is 2.28. The predicted molar refractivity (Wildman–Crippen MR) is 59.7 cm³/mol. The highest BCUT2D eigenvalue weighted by atomic mass is 32.1. The van der Waals surface area contributed by atoms with Crippen LogP contribution in [0.15, 0.2) is 11.6 Å². The molecule has 1 N–H and O–H groups in total. The van der Waals surface area contributed by atoms with E-state index in [1.807, 2.05) is 18.5 Å². The summed E-state index contributed by atoms with van der Waals surface area (Å²) in [4.78, 5) is 5.48. The van der Waals surface area contributed by atoms with Crippen molar-refractivity contribution in [3.63, 3.8) is 0 Å². The third-order valence-electron chi connectivity index (χ3n) is 2.27. The topological polar surface area (TPSA) is 53.1 Å². The highest BCUT2D eigenvalue weighted by Crippen LogP contribution is 2.16. The Kier molecular flexibility index (Phi) is 2.99. The lowest BCUT2D eigenvalue weighted by molar-refractivity contribution is 0.679. The molecule has 0 amide bonds. The van der Waals surface area contributed by atoms with Crippen LogP contribution < -0.4 is 5.32 Å². The van der Waals surface area contributed by atoms with E-state index in [2.05, 4.69) is 20.8 Å². The zero-order valence-corrected chi connectivity index (χ0v) is 9.34. The number of imidazole rings is 1. The predicted octanol–water partition coefficient (Wildman–Crippen LogP) is 1.71.